The van der Waals surface area contributed by atoms with Crippen molar-refractivity contribution in [3.63, 3.8) is 0 Å². The minimum Gasteiger partial charge on any atom is -0.508 e. The molecule has 2 fully saturated rings. The van der Waals surface area contributed by atoms with E-state index in [9.17, 15) is 23.5 Å². The number of ether oxygens (including phenoxy) is 1. The fraction of sp³-hybridized carbons (Fsp3) is 0.310. The number of nitrogens with zero attached hydrogens (tertiary/aromatic N) is 4. The van der Waals surface area contributed by atoms with Gasteiger partial charge in [0.05, 0.1) is 17.2 Å². The van der Waals surface area contributed by atoms with Crippen molar-refractivity contribution in [1.82, 2.24) is 14.9 Å². The molecule has 0 spiro atoms. The molecule has 0 aliphatic carbocycles. The number of carboxylic acids is 1. The van der Waals surface area contributed by atoms with Gasteiger partial charge in [0.1, 0.15) is 17.9 Å². The van der Waals surface area contributed by atoms with E-state index in [0.717, 1.165) is 49.5 Å². The molecule has 2 aliphatic rings. The molecule has 2 N–H and O–H groups in total. The summed E-state index contributed by atoms with van der Waals surface area (Å²) in [5, 5.41) is 29.1. The van der Waals surface area contributed by atoms with Gasteiger partial charge in [0.25, 0.3) is 0 Å². The van der Waals surface area contributed by atoms with Crippen LogP contribution in [-0.4, -0.2) is 62.5 Å². The van der Waals surface area contributed by atoms with Crippen LogP contribution in [0.3, 0.4) is 0 Å². The van der Waals surface area contributed by atoms with Crippen molar-refractivity contribution in [2.24, 2.45) is 0 Å². The second-order valence-corrected chi connectivity index (χ2v) is 10.0. The van der Waals surface area contributed by atoms with Gasteiger partial charge >= 0.3 is 18.2 Å². The Bertz CT molecular complexity index is 1680. The molecule has 0 saturated carbocycles. The zero-order chi connectivity index (χ0) is 29.4. The molecule has 0 unspecified atom stereocenters. The van der Waals surface area contributed by atoms with E-state index in [-0.39, 0.29) is 33.9 Å². The van der Waals surface area contributed by atoms with E-state index < -0.39 is 18.0 Å². The van der Waals surface area contributed by atoms with Crippen molar-refractivity contribution >= 4 is 27.6 Å². The lowest BCUT2D eigenvalue weighted by molar-refractivity contribution is -0.192. The van der Waals surface area contributed by atoms with Crippen molar-refractivity contribution in [2.75, 3.05) is 19.7 Å². The summed E-state index contributed by atoms with van der Waals surface area (Å²) >= 11 is 0. The Morgan fingerprint density at radius 3 is 2.46 bits per heavy atom. The highest BCUT2D eigenvalue weighted by atomic mass is 19.4. The van der Waals surface area contributed by atoms with Gasteiger partial charge < -0.3 is 14.9 Å². The maximum atomic E-state index is 16.0. The van der Waals surface area contributed by atoms with Crippen LogP contribution in [0.2, 0.25) is 0 Å². The molecule has 2 aliphatic heterocycles. The number of aromatic hydroxyl groups is 1. The highest BCUT2D eigenvalue weighted by molar-refractivity contribution is 6.01. The minimum atomic E-state index is -5.08. The van der Waals surface area contributed by atoms with Gasteiger partial charge in [-0.2, -0.15) is 23.4 Å². The Morgan fingerprint density at radius 2 is 1.80 bits per heavy atom. The van der Waals surface area contributed by atoms with Crippen molar-refractivity contribution in [3.05, 3.63) is 60.0 Å². The number of alkyl halides is 3. The number of carboxylic acid groups (broad SMARTS) is 1. The number of carbonyl (C=O) groups is 1. The summed E-state index contributed by atoms with van der Waals surface area (Å²) in [6, 6.07) is 14.3. The fourth-order valence-electron chi connectivity index (χ4n) is 5.70. The third kappa shape index (κ3) is 5.45. The molecule has 2 saturated heterocycles. The van der Waals surface area contributed by atoms with Gasteiger partial charge in [-0.05, 0) is 73.3 Å². The number of rotatable bonds is 4. The predicted octanol–water partition coefficient (Wildman–Crippen LogP) is 5.81. The minimum absolute atomic E-state index is 0.000680. The lowest BCUT2D eigenvalue weighted by atomic mass is 9.93. The zero-order valence-electron chi connectivity index (χ0n) is 21.6. The number of phenolic OH excluding ortho intramolecular Hbond substituents is 1. The maximum Gasteiger partial charge on any atom is 0.490 e. The number of phenols is 1. The summed E-state index contributed by atoms with van der Waals surface area (Å²) < 4.78 is 53.8. The van der Waals surface area contributed by atoms with Crippen LogP contribution in [-0.2, 0) is 4.79 Å². The highest BCUT2D eigenvalue weighted by Crippen LogP contribution is 2.40. The van der Waals surface area contributed by atoms with E-state index in [0.29, 0.717) is 17.6 Å². The number of hydrogen-bond donors (Lipinski definition) is 2. The average Bonchev–Trinajstić information content (AvgIpc) is 3.52. The summed E-state index contributed by atoms with van der Waals surface area (Å²) in [6.07, 6.45) is 0.929. The third-order valence-corrected chi connectivity index (χ3v) is 7.55. The fourth-order valence-corrected chi connectivity index (χ4v) is 5.70. The number of nitriles is 1. The predicted molar refractivity (Wildman–Crippen MR) is 141 cm³/mol. The van der Waals surface area contributed by atoms with Crippen LogP contribution in [0.15, 0.2) is 48.7 Å². The second-order valence-electron chi connectivity index (χ2n) is 10.0. The molecule has 3 aromatic carbocycles. The molecule has 0 amide bonds. The molecular weight excluding hydrogens is 544 g/mol. The molecule has 212 valence electrons. The molecule has 4 aromatic rings. The highest BCUT2D eigenvalue weighted by Gasteiger charge is 2.45. The molecule has 3 heterocycles. The van der Waals surface area contributed by atoms with E-state index in [1.807, 2.05) is 24.3 Å². The summed E-state index contributed by atoms with van der Waals surface area (Å²) in [5.74, 6) is -3.38. The van der Waals surface area contributed by atoms with Crippen LogP contribution in [0.1, 0.15) is 31.2 Å². The first kappa shape index (κ1) is 28.0. The summed E-state index contributed by atoms with van der Waals surface area (Å²) in [7, 11) is 0. The average molecular weight is 569 g/mol. The van der Waals surface area contributed by atoms with Gasteiger partial charge in [-0.15, -0.1) is 0 Å². The lowest BCUT2D eigenvalue weighted by Crippen LogP contribution is -2.43. The third-order valence-electron chi connectivity index (χ3n) is 7.55. The second kappa shape index (κ2) is 10.8. The first-order valence-corrected chi connectivity index (χ1v) is 12.8. The first-order valence-electron chi connectivity index (χ1n) is 12.8. The van der Waals surface area contributed by atoms with E-state index in [2.05, 4.69) is 20.9 Å². The number of benzene rings is 3. The standard InChI is InChI=1S/C27H23FN4O2.C2HF3O2/c28-24-23(22-13-20(33)12-17-5-1-2-6-21(17)22)18(14-29)11-19-15-30-26(31-25(19)24)34-16-27-7-3-9-32(27)10-4-8-27;3-2(4,5)1(6)7/h1-2,5-6,11-13,15,33H,3-4,7-10,16H2;(H,6,7). The van der Waals surface area contributed by atoms with Gasteiger partial charge in [0.2, 0.25) is 0 Å². The van der Waals surface area contributed by atoms with Crippen molar-refractivity contribution in [2.45, 2.75) is 37.4 Å². The number of aliphatic carboxylic acids is 1. The molecule has 6 rings (SSSR count). The van der Waals surface area contributed by atoms with Gasteiger partial charge in [-0.1, -0.05) is 24.3 Å². The number of halogens is 4. The first-order chi connectivity index (χ1) is 19.5. The summed E-state index contributed by atoms with van der Waals surface area (Å²) in [6.45, 7) is 2.67. The molecule has 12 heteroatoms. The molecule has 0 radical (unpaired) electrons. The topological polar surface area (TPSA) is 120 Å². The molecule has 8 nitrogen and oxygen atoms in total. The summed E-state index contributed by atoms with van der Waals surface area (Å²) in [4.78, 5) is 20.1. The van der Waals surface area contributed by atoms with Crippen LogP contribution in [0.4, 0.5) is 17.6 Å². The SMILES string of the molecule is N#Cc1cc2cnc(OCC34CCCN3CCC4)nc2c(F)c1-c1cc(O)cc2ccccc12.O=C(O)C(F)(F)F. The van der Waals surface area contributed by atoms with Gasteiger partial charge in [-0.25, -0.2) is 14.2 Å². The van der Waals surface area contributed by atoms with Crippen LogP contribution >= 0.6 is 0 Å². The monoisotopic (exact) mass is 568 g/mol. The number of fused-ring (bicyclic) bond motifs is 3. The Hall–Kier alpha value is -4.50. The van der Waals surface area contributed by atoms with E-state index in [1.165, 1.54) is 12.3 Å². The maximum absolute atomic E-state index is 16.0. The van der Waals surface area contributed by atoms with Crippen molar-refractivity contribution < 1.29 is 37.3 Å². The van der Waals surface area contributed by atoms with Gasteiger partial charge in [-0.3, -0.25) is 4.90 Å². The smallest absolute Gasteiger partial charge is 0.490 e. The molecule has 0 bridgehead atoms. The van der Waals surface area contributed by atoms with Gasteiger partial charge in [0.15, 0.2) is 5.82 Å². The largest absolute Gasteiger partial charge is 0.508 e. The molecule has 0 atom stereocenters. The summed E-state index contributed by atoms with van der Waals surface area (Å²) in [5.41, 5.74) is 0.845. The van der Waals surface area contributed by atoms with Crippen LogP contribution in [0, 0.1) is 17.1 Å². The quantitative estimate of drug-likeness (QED) is 0.296. The molecule has 41 heavy (non-hydrogen) atoms. The Morgan fingerprint density at radius 1 is 1.12 bits per heavy atom. The van der Waals surface area contributed by atoms with Crippen molar-refractivity contribution in [1.29, 1.82) is 5.26 Å². The van der Waals surface area contributed by atoms with Crippen LogP contribution < -0.4 is 4.74 Å². The van der Waals surface area contributed by atoms with E-state index in [1.54, 1.807) is 12.1 Å². The van der Waals surface area contributed by atoms with Gasteiger partial charge in [0, 0.05) is 17.1 Å². The van der Waals surface area contributed by atoms with Crippen LogP contribution in [0.25, 0.3) is 32.8 Å². The van der Waals surface area contributed by atoms with Crippen molar-refractivity contribution in [3.8, 4) is 29.0 Å². The Balaban J connectivity index is 0.000000431. The normalized spacial score (nSPS) is 16.2. The zero-order valence-corrected chi connectivity index (χ0v) is 21.6. The Kier molecular flexibility index (Phi) is 7.40. The Labute approximate surface area is 231 Å². The molecular formula is C29H24F4N4O4. The lowest BCUT2D eigenvalue weighted by Gasteiger charge is -2.31. The van der Waals surface area contributed by atoms with E-state index >= 15 is 4.39 Å². The van der Waals surface area contributed by atoms with Crippen LogP contribution in [0.5, 0.6) is 11.8 Å². The van der Waals surface area contributed by atoms with E-state index in [4.69, 9.17) is 14.6 Å². The number of aromatic nitrogens is 2. The number of hydrogen-bond acceptors (Lipinski definition) is 7. The molecule has 1 aromatic heterocycles.